The summed E-state index contributed by atoms with van der Waals surface area (Å²) in [5.74, 6) is 0.927. The molecule has 0 aromatic heterocycles. The molecule has 0 atom stereocenters. The number of piperidine rings is 1. The van der Waals surface area contributed by atoms with E-state index in [-0.39, 0.29) is 12.5 Å². The van der Waals surface area contributed by atoms with E-state index in [1.807, 2.05) is 30.9 Å². The van der Waals surface area contributed by atoms with Gasteiger partial charge in [0.25, 0.3) is 5.91 Å². The lowest BCUT2D eigenvalue weighted by molar-refractivity contribution is -0.134. The average molecular weight is 247 g/mol. The van der Waals surface area contributed by atoms with E-state index in [1.54, 1.807) is 0 Å². The molecule has 0 aliphatic carbocycles. The maximum absolute atomic E-state index is 12.0. The zero-order chi connectivity index (χ0) is 13.0. The average Bonchev–Trinajstić information content (AvgIpc) is 2.40. The van der Waals surface area contributed by atoms with Crippen LogP contribution in [-0.4, -0.2) is 30.5 Å². The first-order chi connectivity index (χ1) is 8.66. The van der Waals surface area contributed by atoms with Crippen LogP contribution in [0.2, 0.25) is 0 Å². The molecular weight excluding hydrogens is 226 g/mol. The topological polar surface area (TPSA) is 29.5 Å². The summed E-state index contributed by atoms with van der Waals surface area (Å²) in [6.07, 6.45) is 3.48. The van der Waals surface area contributed by atoms with Crippen LogP contribution in [0.15, 0.2) is 18.2 Å². The van der Waals surface area contributed by atoms with Gasteiger partial charge in [0.15, 0.2) is 6.61 Å². The molecule has 3 heteroatoms. The molecule has 1 aromatic carbocycles. The predicted molar refractivity (Wildman–Crippen MR) is 71.8 cm³/mol. The summed E-state index contributed by atoms with van der Waals surface area (Å²) < 4.78 is 5.64. The minimum absolute atomic E-state index is 0.107. The van der Waals surface area contributed by atoms with Gasteiger partial charge in [-0.1, -0.05) is 12.1 Å². The number of nitrogens with zero attached hydrogens (tertiary/aromatic N) is 1. The third-order valence-electron chi connectivity index (χ3n) is 3.40. The maximum Gasteiger partial charge on any atom is 0.260 e. The van der Waals surface area contributed by atoms with E-state index in [0.29, 0.717) is 0 Å². The highest BCUT2D eigenvalue weighted by atomic mass is 16.5. The van der Waals surface area contributed by atoms with Gasteiger partial charge >= 0.3 is 0 Å². The highest BCUT2D eigenvalue weighted by Crippen LogP contribution is 2.19. The van der Waals surface area contributed by atoms with Gasteiger partial charge in [-0.3, -0.25) is 4.79 Å². The second-order valence-corrected chi connectivity index (χ2v) is 5.00. The number of carbonyl (C=O) groups excluding carboxylic acids is 1. The summed E-state index contributed by atoms with van der Waals surface area (Å²) >= 11 is 0. The molecule has 0 N–H and O–H groups in total. The van der Waals surface area contributed by atoms with Crippen molar-refractivity contribution in [2.45, 2.75) is 33.1 Å². The Labute approximate surface area is 109 Å². The van der Waals surface area contributed by atoms with Crippen LogP contribution in [0.1, 0.15) is 30.4 Å². The van der Waals surface area contributed by atoms with Crippen molar-refractivity contribution in [2.24, 2.45) is 0 Å². The molecule has 1 heterocycles. The number of amides is 1. The number of ether oxygens (including phenoxy) is 1. The van der Waals surface area contributed by atoms with Crippen molar-refractivity contribution in [3.05, 3.63) is 29.3 Å². The fourth-order valence-corrected chi connectivity index (χ4v) is 2.24. The first-order valence-corrected chi connectivity index (χ1v) is 6.64. The molecule has 0 radical (unpaired) electrons. The van der Waals surface area contributed by atoms with Crippen molar-refractivity contribution in [3.63, 3.8) is 0 Å². The number of benzene rings is 1. The van der Waals surface area contributed by atoms with E-state index in [0.717, 1.165) is 42.8 Å². The zero-order valence-electron chi connectivity index (χ0n) is 11.2. The lowest BCUT2D eigenvalue weighted by Crippen LogP contribution is -2.38. The molecule has 0 saturated carbocycles. The second kappa shape index (κ2) is 5.89. The Morgan fingerprint density at radius 2 is 1.94 bits per heavy atom. The number of carbonyl (C=O) groups is 1. The highest BCUT2D eigenvalue weighted by Gasteiger charge is 2.16. The van der Waals surface area contributed by atoms with Crippen LogP contribution in [0.4, 0.5) is 0 Å². The molecule has 98 valence electrons. The third-order valence-corrected chi connectivity index (χ3v) is 3.40. The Bertz CT molecular complexity index is 423. The molecule has 0 bridgehead atoms. The zero-order valence-corrected chi connectivity index (χ0v) is 11.2. The van der Waals surface area contributed by atoms with Crippen LogP contribution in [0.3, 0.4) is 0 Å². The van der Waals surface area contributed by atoms with Gasteiger partial charge in [0.05, 0.1) is 0 Å². The number of hydrogen-bond donors (Lipinski definition) is 0. The van der Waals surface area contributed by atoms with Gasteiger partial charge < -0.3 is 9.64 Å². The number of rotatable bonds is 3. The molecule has 3 nitrogen and oxygen atoms in total. The molecule has 1 fully saturated rings. The van der Waals surface area contributed by atoms with Crippen molar-refractivity contribution >= 4 is 5.91 Å². The van der Waals surface area contributed by atoms with Crippen molar-refractivity contribution in [3.8, 4) is 5.75 Å². The summed E-state index contributed by atoms with van der Waals surface area (Å²) in [5.41, 5.74) is 2.23. The van der Waals surface area contributed by atoms with Gasteiger partial charge in [0, 0.05) is 13.1 Å². The fourth-order valence-electron chi connectivity index (χ4n) is 2.24. The van der Waals surface area contributed by atoms with Crippen LogP contribution in [-0.2, 0) is 4.79 Å². The maximum atomic E-state index is 12.0. The van der Waals surface area contributed by atoms with E-state index in [9.17, 15) is 4.79 Å². The van der Waals surface area contributed by atoms with Gasteiger partial charge in [-0.15, -0.1) is 0 Å². The van der Waals surface area contributed by atoms with Crippen molar-refractivity contribution in [1.29, 1.82) is 0 Å². The predicted octanol–water partition coefficient (Wildman–Crippen LogP) is 2.69. The first kappa shape index (κ1) is 12.9. The Morgan fingerprint density at radius 1 is 1.22 bits per heavy atom. The van der Waals surface area contributed by atoms with Crippen LogP contribution < -0.4 is 4.74 Å². The summed E-state index contributed by atoms with van der Waals surface area (Å²) in [7, 11) is 0. The summed E-state index contributed by atoms with van der Waals surface area (Å²) in [6.45, 7) is 5.95. The van der Waals surface area contributed by atoms with Gasteiger partial charge in [0.2, 0.25) is 0 Å². The van der Waals surface area contributed by atoms with E-state index in [2.05, 4.69) is 6.07 Å². The Kier molecular flexibility index (Phi) is 4.24. The molecule has 0 spiro atoms. The summed E-state index contributed by atoms with van der Waals surface area (Å²) in [6, 6.07) is 6.06. The summed E-state index contributed by atoms with van der Waals surface area (Å²) in [5, 5.41) is 0. The quantitative estimate of drug-likeness (QED) is 0.822. The van der Waals surface area contributed by atoms with E-state index in [1.165, 1.54) is 6.42 Å². The third kappa shape index (κ3) is 3.25. The van der Waals surface area contributed by atoms with Crippen molar-refractivity contribution < 1.29 is 9.53 Å². The standard InChI is InChI=1S/C15H21NO2/c1-12-6-7-13(2)14(10-12)18-11-15(17)16-8-4-3-5-9-16/h6-7,10H,3-5,8-9,11H2,1-2H3. The molecule has 2 rings (SSSR count). The summed E-state index contributed by atoms with van der Waals surface area (Å²) in [4.78, 5) is 13.9. The van der Waals surface area contributed by atoms with Gasteiger partial charge in [-0.05, 0) is 50.3 Å². The van der Waals surface area contributed by atoms with Crippen LogP contribution >= 0.6 is 0 Å². The molecule has 1 amide bonds. The van der Waals surface area contributed by atoms with Gasteiger partial charge in [-0.2, -0.15) is 0 Å². The lowest BCUT2D eigenvalue weighted by atomic mass is 10.1. The van der Waals surface area contributed by atoms with Gasteiger partial charge in [-0.25, -0.2) is 0 Å². The fraction of sp³-hybridized carbons (Fsp3) is 0.533. The van der Waals surface area contributed by atoms with E-state index < -0.39 is 0 Å². The monoisotopic (exact) mass is 247 g/mol. The van der Waals surface area contributed by atoms with Crippen LogP contribution in [0.5, 0.6) is 5.75 Å². The smallest absolute Gasteiger partial charge is 0.260 e. The van der Waals surface area contributed by atoms with Crippen LogP contribution in [0.25, 0.3) is 0 Å². The van der Waals surface area contributed by atoms with Crippen LogP contribution in [0, 0.1) is 13.8 Å². The van der Waals surface area contributed by atoms with Gasteiger partial charge in [0.1, 0.15) is 5.75 Å². The number of likely N-dealkylation sites (tertiary alicyclic amines) is 1. The molecule has 1 aromatic rings. The Hall–Kier alpha value is -1.51. The molecule has 0 unspecified atom stereocenters. The minimum Gasteiger partial charge on any atom is -0.483 e. The minimum atomic E-state index is 0.107. The normalized spacial score (nSPS) is 15.6. The number of hydrogen-bond acceptors (Lipinski definition) is 2. The molecule has 1 aliphatic rings. The molecular formula is C15H21NO2. The number of aryl methyl sites for hydroxylation is 2. The molecule has 1 saturated heterocycles. The van der Waals surface area contributed by atoms with E-state index in [4.69, 9.17) is 4.74 Å². The highest BCUT2D eigenvalue weighted by molar-refractivity contribution is 5.77. The van der Waals surface area contributed by atoms with Crippen molar-refractivity contribution in [1.82, 2.24) is 4.90 Å². The largest absolute Gasteiger partial charge is 0.483 e. The van der Waals surface area contributed by atoms with E-state index >= 15 is 0 Å². The van der Waals surface area contributed by atoms with Crippen molar-refractivity contribution in [2.75, 3.05) is 19.7 Å². The SMILES string of the molecule is Cc1ccc(C)c(OCC(=O)N2CCCCC2)c1. The molecule has 18 heavy (non-hydrogen) atoms. The Balaban J connectivity index is 1.90. The second-order valence-electron chi connectivity index (χ2n) is 5.00. The molecule has 1 aliphatic heterocycles. The first-order valence-electron chi connectivity index (χ1n) is 6.64. The Morgan fingerprint density at radius 3 is 2.67 bits per heavy atom. The lowest BCUT2D eigenvalue weighted by Gasteiger charge is -2.26.